The minimum atomic E-state index is -3.83. The van der Waals surface area contributed by atoms with Crippen LogP contribution in [0.2, 0.25) is 5.02 Å². The molecule has 3 rings (SSSR count). The van der Waals surface area contributed by atoms with Gasteiger partial charge in [0.2, 0.25) is 10.0 Å². The Morgan fingerprint density at radius 1 is 1.12 bits per heavy atom. The summed E-state index contributed by atoms with van der Waals surface area (Å²) in [6.45, 7) is -0.691. The fourth-order valence-corrected chi connectivity index (χ4v) is 3.77. The number of nitro benzene ring substituents is 1. The molecule has 2 N–H and O–H groups in total. The molecule has 0 spiro atoms. The molecule has 1 heterocycles. The van der Waals surface area contributed by atoms with E-state index in [0.717, 1.165) is 12.1 Å². The highest BCUT2D eigenvalue weighted by Crippen LogP contribution is 2.26. The van der Waals surface area contributed by atoms with E-state index in [0.29, 0.717) is 5.76 Å². The normalized spacial score (nSPS) is 11.1. The van der Waals surface area contributed by atoms with Gasteiger partial charge >= 0.3 is 5.97 Å². The predicted octanol–water partition coefficient (Wildman–Crippen LogP) is 3.12. The summed E-state index contributed by atoms with van der Waals surface area (Å²) >= 11 is 5.89. The molecule has 0 radical (unpaired) electrons. The number of nitro groups is 1. The number of carbonyl (C=O) groups is 2. The van der Waals surface area contributed by atoms with Crippen LogP contribution < -0.4 is 10.0 Å². The topological polar surface area (TPSA) is 158 Å². The third kappa shape index (κ3) is 6.38. The second-order valence-electron chi connectivity index (χ2n) is 6.47. The molecule has 0 saturated heterocycles. The number of amides is 1. The highest BCUT2D eigenvalue weighted by molar-refractivity contribution is 7.89. The van der Waals surface area contributed by atoms with Gasteiger partial charge in [0.05, 0.1) is 38.9 Å². The molecule has 11 nitrogen and oxygen atoms in total. The van der Waals surface area contributed by atoms with Crippen molar-refractivity contribution in [2.75, 3.05) is 11.9 Å². The first-order chi connectivity index (χ1) is 15.7. The molecular weight excluding hydrogens is 478 g/mol. The maximum atomic E-state index is 12.3. The summed E-state index contributed by atoms with van der Waals surface area (Å²) in [5, 5.41) is 13.0. The number of nitrogens with zero attached hydrogens (tertiary/aromatic N) is 1. The van der Waals surface area contributed by atoms with Crippen LogP contribution in [0, 0.1) is 10.1 Å². The van der Waals surface area contributed by atoms with E-state index in [2.05, 4.69) is 10.0 Å². The molecule has 0 unspecified atom stereocenters. The smallest absolute Gasteiger partial charge is 0.338 e. The number of esters is 1. The average Bonchev–Trinajstić information content (AvgIpc) is 3.31. The highest BCUT2D eigenvalue weighted by atomic mass is 35.5. The Hall–Kier alpha value is -3.74. The number of anilines is 1. The van der Waals surface area contributed by atoms with Crippen LogP contribution in [0.5, 0.6) is 0 Å². The van der Waals surface area contributed by atoms with Gasteiger partial charge in [-0.15, -0.1) is 0 Å². The first-order valence-corrected chi connectivity index (χ1v) is 11.0. The monoisotopic (exact) mass is 493 g/mol. The van der Waals surface area contributed by atoms with E-state index in [1.807, 2.05) is 0 Å². The number of sulfonamides is 1. The lowest BCUT2D eigenvalue weighted by atomic mass is 10.2. The Morgan fingerprint density at radius 3 is 2.45 bits per heavy atom. The van der Waals surface area contributed by atoms with Gasteiger partial charge in [0, 0.05) is 12.1 Å². The average molecular weight is 494 g/mol. The molecule has 33 heavy (non-hydrogen) atoms. The summed E-state index contributed by atoms with van der Waals surface area (Å²) in [5.41, 5.74) is -0.105. The molecule has 0 aliphatic rings. The lowest BCUT2D eigenvalue weighted by molar-refractivity contribution is -0.384. The van der Waals surface area contributed by atoms with Crippen molar-refractivity contribution in [3.63, 3.8) is 0 Å². The van der Waals surface area contributed by atoms with E-state index in [1.54, 1.807) is 12.1 Å². The van der Waals surface area contributed by atoms with E-state index < -0.39 is 33.4 Å². The summed E-state index contributed by atoms with van der Waals surface area (Å²) in [6, 6.07) is 11.7. The molecule has 3 aromatic rings. The molecule has 13 heteroatoms. The molecule has 0 atom stereocenters. The van der Waals surface area contributed by atoms with Crippen LogP contribution in [0.4, 0.5) is 11.4 Å². The quantitative estimate of drug-likeness (QED) is 0.261. The summed E-state index contributed by atoms with van der Waals surface area (Å²) in [6.07, 6.45) is 1.42. The van der Waals surface area contributed by atoms with E-state index in [-0.39, 0.29) is 33.4 Å². The van der Waals surface area contributed by atoms with Crippen molar-refractivity contribution in [2.45, 2.75) is 11.4 Å². The van der Waals surface area contributed by atoms with Crippen molar-refractivity contribution in [1.29, 1.82) is 0 Å². The maximum Gasteiger partial charge on any atom is 0.338 e. The Labute approximate surface area is 192 Å². The van der Waals surface area contributed by atoms with Gasteiger partial charge in [-0.05, 0) is 42.5 Å². The Kier molecular flexibility index (Phi) is 7.43. The van der Waals surface area contributed by atoms with E-state index in [9.17, 15) is 28.1 Å². The van der Waals surface area contributed by atoms with E-state index in [4.69, 9.17) is 20.8 Å². The summed E-state index contributed by atoms with van der Waals surface area (Å²) < 4.78 is 37.0. The number of benzene rings is 2. The molecule has 0 bridgehead atoms. The number of nitrogens with one attached hydrogen (secondary N) is 2. The van der Waals surface area contributed by atoms with Gasteiger partial charge in [-0.2, -0.15) is 0 Å². The van der Waals surface area contributed by atoms with E-state index >= 15 is 0 Å². The first kappa shape index (κ1) is 23.9. The molecule has 1 amide bonds. The summed E-state index contributed by atoms with van der Waals surface area (Å²) in [7, 11) is -3.83. The van der Waals surface area contributed by atoms with Crippen LogP contribution in [-0.2, 0) is 26.1 Å². The van der Waals surface area contributed by atoms with Gasteiger partial charge in [-0.3, -0.25) is 14.9 Å². The van der Waals surface area contributed by atoms with Crippen molar-refractivity contribution < 1.29 is 32.1 Å². The van der Waals surface area contributed by atoms with Crippen LogP contribution >= 0.6 is 11.6 Å². The van der Waals surface area contributed by atoms with Gasteiger partial charge < -0.3 is 14.5 Å². The maximum absolute atomic E-state index is 12.3. The second kappa shape index (κ2) is 10.3. The third-order valence-corrected chi connectivity index (χ3v) is 5.92. The Balaban J connectivity index is 1.54. The number of hydrogen-bond donors (Lipinski definition) is 2. The molecule has 0 aliphatic heterocycles. The predicted molar refractivity (Wildman–Crippen MR) is 116 cm³/mol. The number of hydrogen-bond acceptors (Lipinski definition) is 8. The van der Waals surface area contributed by atoms with Gasteiger partial charge in [0.1, 0.15) is 5.76 Å². The van der Waals surface area contributed by atoms with Crippen molar-refractivity contribution in [3.05, 3.63) is 87.3 Å². The largest absolute Gasteiger partial charge is 0.468 e. The summed E-state index contributed by atoms with van der Waals surface area (Å²) in [5.74, 6) is -1.14. The standard InChI is InChI=1S/C20H16ClN3O8S/c21-17-10-14(24(27)28)5-8-18(17)23-19(25)12-32-20(26)13-3-6-16(7-4-13)33(29,30)22-11-15-2-1-9-31-15/h1-10,22H,11-12H2,(H,23,25). The zero-order chi connectivity index (χ0) is 24.0. The summed E-state index contributed by atoms with van der Waals surface area (Å²) in [4.78, 5) is 34.2. The molecular formula is C20H16ClN3O8S. The van der Waals surface area contributed by atoms with Crippen molar-refractivity contribution in [3.8, 4) is 0 Å². The van der Waals surface area contributed by atoms with E-state index in [1.165, 1.54) is 36.6 Å². The van der Waals surface area contributed by atoms with Crippen molar-refractivity contribution >= 4 is 44.9 Å². The van der Waals surface area contributed by atoms with Gasteiger partial charge in [0.25, 0.3) is 11.6 Å². The Bertz CT molecular complexity index is 1280. The minimum absolute atomic E-state index is 0.0288. The lowest BCUT2D eigenvalue weighted by Gasteiger charge is -2.09. The van der Waals surface area contributed by atoms with Crippen molar-refractivity contribution in [2.24, 2.45) is 0 Å². The molecule has 2 aromatic carbocycles. The molecule has 0 aliphatic carbocycles. The highest BCUT2D eigenvalue weighted by Gasteiger charge is 2.17. The number of rotatable bonds is 9. The SMILES string of the molecule is O=C(COC(=O)c1ccc(S(=O)(=O)NCc2ccco2)cc1)Nc1ccc([N+](=O)[O-])cc1Cl. The number of carbonyl (C=O) groups excluding carboxylic acids is 2. The zero-order valence-corrected chi connectivity index (χ0v) is 18.3. The van der Waals surface area contributed by atoms with Gasteiger partial charge in [0.15, 0.2) is 6.61 Å². The number of ether oxygens (including phenoxy) is 1. The molecule has 1 aromatic heterocycles. The number of halogens is 1. The minimum Gasteiger partial charge on any atom is -0.468 e. The first-order valence-electron chi connectivity index (χ1n) is 9.19. The Morgan fingerprint density at radius 2 is 1.85 bits per heavy atom. The number of non-ortho nitro benzene ring substituents is 1. The fourth-order valence-electron chi connectivity index (χ4n) is 2.55. The zero-order valence-electron chi connectivity index (χ0n) is 16.7. The molecule has 0 fully saturated rings. The van der Waals surface area contributed by atoms with Crippen molar-refractivity contribution in [1.82, 2.24) is 4.72 Å². The van der Waals surface area contributed by atoms with Crippen LogP contribution in [0.25, 0.3) is 0 Å². The third-order valence-electron chi connectivity index (χ3n) is 4.19. The van der Waals surface area contributed by atoms with Crippen LogP contribution in [0.1, 0.15) is 16.1 Å². The fraction of sp³-hybridized carbons (Fsp3) is 0.100. The van der Waals surface area contributed by atoms with Gasteiger partial charge in [-0.25, -0.2) is 17.9 Å². The van der Waals surface area contributed by atoms with Crippen LogP contribution in [-0.4, -0.2) is 31.8 Å². The van der Waals surface area contributed by atoms with Crippen LogP contribution in [0.15, 0.2) is 70.2 Å². The number of furan rings is 1. The second-order valence-corrected chi connectivity index (χ2v) is 8.65. The van der Waals surface area contributed by atoms with Gasteiger partial charge in [-0.1, -0.05) is 11.6 Å². The van der Waals surface area contributed by atoms with Crippen LogP contribution in [0.3, 0.4) is 0 Å². The molecule has 172 valence electrons. The lowest BCUT2D eigenvalue weighted by Crippen LogP contribution is -2.23. The molecule has 0 saturated carbocycles.